The van der Waals surface area contributed by atoms with Crippen LogP contribution >= 0.6 is 11.3 Å². The molecule has 0 bridgehead atoms. The molecule has 3 heteroatoms. The third-order valence-electron chi connectivity index (χ3n) is 4.57. The summed E-state index contributed by atoms with van der Waals surface area (Å²) in [7, 11) is 0. The number of nitrogens with one attached hydrogen (secondary N) is 1. The lowest BCUT2D eigenvalue weighted by Crippen LogP contribution is -2.45. The van der Waals surface area contributed by atoms with E-state index >= 15 is 0 Å². The average molecular weight is 285 g/mol. The van der Waals surface area contributed by atoms with Gasteiger partial charge < -0.3 is 10.1 Å². The molecule has 0 radical (unpaired) electrons. The summed E-state index contributed by atoms with van der Waals surface area (Å²) >= 11 is 1.88. The summed E-state index contributed by atoms with van der Waals surface area (Å²) in [5, 5.41) is 5.88. The lowest BCUT2D eigenvalue weighted by Gasteiger charge is -2.43. The number of rotatable bonds is 1. The number of hydrogen-bond acceptors (Lipinski definition) is 3. The number of fused-ring (bicyclic) bond motifs is 2. The zero-order chi connectivity index (χ0) is 13.4. The van der Waals surface area contributed by atoms with Gasteiger partial charge in [-0.15, -0.1) is 11.3 Å². The van der Waals surface area contributed by atoms with Crippen molar-refractivity contribution in [2.24, 2.45) is 0 Å². The lowest BCUT2D eigenvalue weighted by atomic mass is 9.81. The first-order valence-corrected chi connectivity index (χ1v) is 8.24. The molecule has 1 aromatic carbocycles. The summed E-state index contributed by atoms with van der Waals surface area (Å²) in [6.45, 7) is 1.89. The first-order valence-electron chi connectivity index (χ1n) is 7.37. The Labute approximate surface area is 123 Å². The molecule has 1 fully saturated rings. The second-order valence-electron chi connectivity index (χ2n) is 5.74. The lowest BCUT2D eigenvalue weighted by molar-refractivity contribution is -0.0868. The van der Waals surface area contributed by atoms with Gasteiger partial charge in [-0.25, -0.2) is 0 Å². The Kier molecular flexibility index (Phi) is 3.14. The van der Waals surface area contributed by atoms with Gasteiger partial charge >= 0.3 is 0 Å². The van der Waals surface area contributed by atoms with Crippen LogP contribution in [0.2, 0.25) is 0 Å². The van der Waals surface area contributed by atoms with Crippen LogP contribution in [0.1, 0.15) is 34.9 Å². The molecule has 2 unspecified atom stereocenters. The van der Waals surface area contributed by atoms with Crippen molar-refractivity contribution in [3.8, 4) is 0 Å². The van der Waals surface area contributed by atoms with Crippen molar-refractivity contribution in [1.82, 2.24) is 5.32 Å². The molecule has 0 aliphatic carbocycles. The molecule has 104 valence electrons. The smallest absolute Gasteiger partial charge is 0.106 e. The minimum absolute atomic E-state index is 0.0481. The molecule has 0 amide bonds. The van der Waals surface area contributed by atoms with Crippen molar-refractivity contribution in [1.29, 1.82) is 0 Å². The van der Waals surface area contributed by atoms with Crippen LogP contribution in [0, 0.1) is 0 Å². The zero-order valence-electron chi connectivity index (χ0n) is 11.5. The van der Waals surface area contributed by atoms with Gasteiger partial charge in [0.05, 0.1) is 6.61 Å². The van der Waals surface area contributed by atoms with Gasteiger partial charge in [-0.05, 0) is 42.0 Å². The number of thiophene rings is 1. The van der Waals surface area contributed by atoms with Crippen LogP contribution in [0.4, 0.5) is 0 Å². The predicted octanol–water partition coefficient (Wildman–Crippen LogP) is 3.64. The van der Waals surface area contributed by atoms with Gasteiger partial charge in [0.15, 0.2) is 0 Å². The summed E-state index contributed by atoms with van der Waals surface area (Å²) in [6.07, 6.45) is 3.21. The third-order valence-corrected chi connectivity index (χ3v) is 5.71. The molecule has 1 aromatic heterocycles. The van der Waals surface area contributed by atoms with E-state index in [1.54, 1.807) is 0 Å². The van der Waals surface area contributed by atoms with Gasteiger partial charge in [-0.1, -0.05) is 30.3 Å². The van der Waals surface area contributed by atoms with Gasteiger partial charge in [0.25, 0.3) is 0 Å². The van der Waals surface area contributed by atoms with E-state index in [2.05, 4.69) is 47.1 Å². The van der Waals surface area contributed by atoms with E-state index < -0.39 is 0 Å². The van der Waals surface area contributed by atoms with E-state index in [0.29, 0.717) is 6.04 Å². The molecule has 2 aromatic rings. The van der Waals surface area contributed by atoms with Crippen molar-refractivity contribution in [2.45, 2.75) is 30.9 Å². The summed E-state index contributed by atoms with van der Waals surface area (Å²) < 4.78 is 6.31. The van der Waals surface area contributed by atoms with Gasteiger partial charge in [0.1, 0.15) is 5.60 Å². The summed E-state index contributed by atoms with van der Waals surface area (Å²) in [5.41, 5.74) is 2.84. The van der Waals surface area contributed by atoms with Crippen molar-refractivity contribution >= 4 is 11.3 Å². The quantitative estimate of drug-likeness (QED) is 0.863. The minimum atomic E-state index is -0.0481. The van der Waals surface area contributed by atoms with Crippen LogP contribution in [-0.4, -0.2) is 13.2 Å². The molecule has 20 heavy (non-hydrogen) atoms. The molecular weight excluding hydrogens is 266 g/mol. The maximum Gasteiger partial charge on any atom is 0.106 e. The molecule has 1 N–H and O–H groups in total. The van der Waals surface area contributed by atoms with E-state index in [4.69, 9.17) is 4.74 Å². The number of hydrogen-bond donors (Lipinski definition) is 1. The monoisotopic (exact) mass is 285 g/mol. The Morgan fingerprint density at radius 2 is 2.10 bits per heavy atom. The van der Waals surface area contributed by atoms with Crippen LogP contribution in [0.25, 0.3) is 0 Å². The first-order chi connectivity index (χ1) is 9.87. The standard InChI is InChI=1S/C17H19NOS/c1-2-4-13(5-3-1)15-12-17(8-9-18-15)16-14(6-10-19-17)7-11-20-16/h1-5,7,11,15,18H,6,8-10,12H2. The molecule has 4 rings (SSSR count). The van der Waals surface area contributed by atoms with E-state index in [0.717, 1.165) is 32.4 Å². The highest BCUT2D eigenvalue weighted by Crippen LogP contribution is 2.46. The van der Waals surface area contributed by atoms with Gasteiger partial charge in [0.2, 0.25) is 0 Å². The second-order valence-corrected chi connectivity index (χ2v) is 6.66. The molecule has 2 aliphatic heterocycles. The van der Waals surface area contributed by atoms with Crippen molar-refractivity contribution in [3.63, 3.8) is 0 Å². The number of benzene rings is 1. The topological polar surface area (TPSA) is 21.3 Å². The summed E-state index contributed by atoms with van der Waals surface area (Å²) in [5.74, 6) is 0. The van der Waals surface area contributed by atoms with Gasteiger partial charge in [-0.2, -0.15) is 0 Å². The maximum absolute atomic E-state index is 6.31. The molecule has 1 saturated heterocycles. The highest BCUT2D eigenvalue weighted by atomic mass is 32.1. The highest BCUT2D eigenvalue weighted by molar-refractivity contribution is 7.10. The average Bonchev–Trinajstić information content (AvgIpc) is 2.99. The fraction of sp³-hybridized carbons (Fsp3) is 0.412. The predicted molar refractivity (Wildman–Crippen MR) is 82.1 cm³/mol. The zero-order valence-corrected chi connectivity index (χ0v) is 12.3. The maximum atomic E-state index is 6.31. The van der Waals surface area contributed by atoms with E-state index in [1.165, 1.54) is 16.0 Å². The van der Waals surface area contributed by atoms with Gasteiger partial charge in [0, 0.05) is 17.3 Å². The minimum Gasteiger partial charge on any atom is -0.369 e. The summed E-state index contributed by atoms with van der Waals surface area (Å²) in [4.78, 5) is 1.48. The highest BCUT2D eigenvalue weighted by Gasteiger charge is 2.43. The van der Waals surface area contributed by atoms with Gasteiger partial charge in [-0.3, -0.25) is 0 Å². The third kappa shape index (κ3) is 2.01. The number of piperidine rings is 1. The van der Waals surface area contributed by atoms with E-state index in [1.807, 2.05) is 11.3 Å². The Bertz CT molecular complexity index is 594. The number of ether oxygens (including phenoxy) is 1. The van der Waals surface area contributed by atoms with E-state index in [9.17, 15) is 0 Å². The van der Waals surface area contributed by atoms with Crippen molar-refractivity contribution in [3.05, 3.63) is 57.8 Å². The summed E-state index contributed by atoms with van der Waals surface area (Å²) in [6, 6.07) is 13.4. The van der Waals surface area contributed by atoms with E-state index in [-0.39, 0.29) is 5.60 Å². The van der Waals surface area contributed by atoms with Crippen LogP contribution in [0.3, 0.4) is 0 Å². The normalized spacial score (nSPS) is 29.3. The van der Waals surface area contributed by atoms with Crippen LogP contribution < -0.4 is 5.32 Å². The fourth-order valence-electron chi connectivity index (χ4n) is 3.56. The Balaban J connectivity index is 1.68. The molecule has 0 saturated carbocycles. The molecule has 2 nitrogen and oxygen atoms in total. The van der Waals surface area contributed by atoms with Crippen LogP contribution in [-0.2, 0) is 16.8 Å². The Morgan fingerprint density at radius 1 is 1.20 bits per heavy atom. The Morgan fingerprint density at radius 3 is 3.00 bits per heavy atom. The molecule has 1 spiro atoms. The largest absolute Gasteiger partial charge is 0.369 e. The fourth-order valence-corrected chi connectivity index (χ4v) is 4.71. The van der Waals surface area contributed by atoms with Crippen LogP contribution in [0.15, 0.2) is 41.8 Å². The molecular formula is C17H19NOS. The van der Waals surface area contributed by atoms with Crippen molar-refractivity contribution in [2.75, 3.05) is 13.2 Å². The Hall–Kier alpha value is -1.16. The SMILES string of the molecule is c1ccc(C2CC3(CCN2)OCCc2ccsc23)cc1. The second kappa shape index (κ2) is 4.99. The van der Waals surface area contributed by atoms with Crippen molar-refractivity contribution < 1.29 is 4.74 Å². The first kappa shape index (κ1) is 12.6. The molecule has 3 heterocycles. The van der Waals surface area contributed by atoms with Crippen LogP contribution in [0.5, 0.6) is 0 Å². The molecule has 2 atom stereocenters. The molecule has 2 aliphatic rings.